The highest BCUT2D eigenvalue weighted by atomic mass is 32.2. The summed E-state index contributed by atoms with van der Waals surface area (Å²) in [6, 6.07) is 15.8. The number of benzene rings is 2. The monoisotopic (exact) mass is 358 g/mol. The van der Waals surface area contributed by atoms with Crippen molar-refractivity contribution in [2.75, 3.05) is 5.32 Å². The predicted molar refractivity (Wildman–Crippen MR) is 97.8 cm³/mol. The third-order valence-electron chi connectivity index (χ3n) is 4.33. The Morgan fingerprint density at radius 2 is 1.60 bits per heavy atom. The quantitative estimate of drug-likeness (QED) is 0.833. The fourth-order valence-corrected chi connectivity index (χ4v) is 4.34. The average Bonchev–Trinajstić information content (AvgIpc) is 3.08. The largest absolute Gasteiger partial charge is 0.326 e. The molecule has 0 saturated heterocycles. The minimum absolute atomic E-state index is 0.0373. The summed E-state index contributed by atoms with van der Waals surface area (Å²) in [7, 11) is -3.50. The van der Waals surface area contributed by atoms with E-state index in [-0.39, 0.29) is 23.3 Å². The van der Waals surface area contributed by atoms with Gasteiger partial charge in [0.05, 0.1) is 11.3 Å². The maximum Gasteiger partial charge on any atom is 0.240 e. The molecule has 2 aromatic rings. The van der Waals surface area contributed by atoms with Crippen LogP contribution in [0.1, 0.15) is 31.2 Å². The molecule has 0 bridgehead atoms. The number of carbonyl (C=O) groups excluding carboxylic acids is 1. The van der Waals surface area contributed by atoms with E-state index in [1.807, 2.05) is 30.3 Å². The highest BCUT2D eigenvalue weighted by Crippen LogP contribution is 2.21. The predicted octanol–water partition coefficient (Wildman–Crippen LogP) is 3.09. The number of carbonyl (C=O) groups is 1. The summed E-state index contributed by atoms with van der Waals surface area (Å²) in [5, 5.41) is 2.79. The highest BCUT2D eigenvalue weighted by Gasteiger charge is 2.22. The van der Waals surface area contributed by atoms with Crippen LogP contribution < -0.4 is 10.0 Å². The molecule has 0 spiro atoms. The molecule has 2 N–H and O–H groups in total. The van der Waals surface area contributed by atoms with Crippen LogP contribution in [0, 0.1) is 0 Å². The van der Waals surface area contributed by atoms with Gasteiger partial charge in [-0.15, -0.1) is 0 Å². The van der Waals surface area contributed by atoms with Crippen molar-refractivity contribution in [3.63, 3.8) is 0 Å². The standard InChI is InChI=1S/C19H22N2O3S/c22-19(14-15-6-2-1-3-7-15)20-16-10-12-18(13-11-16)25(23,24)21-17-8-4-5-9-17/h1-3,6-7,10-13,17,21H,4-5,8-9,14H2,(H,20,22). The Hall–Kier alpha value is -2.18. The lowest BCUT2D eigenvalue weighted by atomic mass is 10.1. The van der Waals surface area contributed by atoms with E-state index in [2.05, 4.69) is 10.0 Å². The van der Waals surface area contributed by atoms with Crippen molar-refractivity contribution in [1.82, 2.24) is 4.72 Å². The lowest BCUT2D eigenvalue weighted by Gasteiger charge is -2.13. The van der Waals surface area contributed by atoms with Gasteiger partial charge in [-0.05, 0) is 42.7 Å². The van der Waals surface area contributed by atoms with Crippen LogP contribution in [0.3, 0.4) is 0 Å². The van der Waals surface area contributed by atoms with Gasteiger partial charge in [-0.1, -0.05) is 43.2 Å². The Balaban J connectivity index is 1.60. The van der Waals surface area contributed by atoms with Crippen molar-refractivity contribution in [3.8, 4) is 0 Å². The van der Waals surface area contributed by atoms with Gasteiger partial charge in [-0.3, -0.25) is 4.79 Å². The number of hydrogen-bond donors (Lipinski definition) is 2. The summed E-state index contributed by atoms with van der Waals surface area (Å²) in [5.41, 5.74) is 1.51. The van der Waals surface area contributed by atoms with E-state index in [9.17, 15) is 13.2 Å². The molecular formula is C19H22N2O3S. The molecule has 0 heterocycles. The molecule has 1 saturated carbocycles. The minimum atomic E-state index is -3.50. The van der Waals surface area contributed by atoms with Gasteiger partial charge >= 0.3 is 0 Å². The lowest BCUT2D eigenvalue weighted by Crippen LogP contribution is -2.32. The van der Waals surface area contributed by atoms with Crippen LogP contribution in [-0.4, -0.2) is 20.4 Å². The Bertz CT molecular complexity index is 812. The second-order valence-electron chi connectivity index (χ2n) is 6.34. The maximum atomic E-state index is 12.4. The van der Waals surface area contributed by atoms with Gasteiger partial charge in [0.1, 0.15) is 0 Å². The smallest absolute Gasteiger partial charge is 0.240 e. The molecule has 0 aromatic heterocycles. The summed E-state index contributed by atoms with van der Waals surface area (Å²) >= 11 is 0. The molecule has 0 aliphatic heterocycles. The Morgan fingerprint density at radius 1 is 0.960 bits per heavy atom. The molecule has 25 heavy (non-hydrogen) atoms. The Kier molecular flexibility index (Phi) is 5.50. The molecule has 6 heteroatoms. The van der Waals surface area contributed by atoms with Crippen LogP contribution >= 0.6 is 0 Å². The van der Waals surface area contributed by atoms with E-state index >= 15 is 0 Å². The van der Waals surface area contributed by atoms with E-state index < -0.39 is 10.0 Å². The molecule has 1 fully saturated rings. The zero-order valence-electron chi connectivity index (χ0n) is 13.9. The highest BCUT2D eigenvalue weighted by molar-refractivity contribution is 7.89. The molecule has 0 atom stereocenters. The Labute approximate surface area is 148 Å². The van der Waals surface area contributed by atoms with E-state index in [1.165, 1.54) is 12.1 Å². The fraction of sp³-hybridized carbons (Fsp3) is 0.316. The second kappa shape index (κ2) is 7.80. The summed E-state index contributed by atoms with van der Waals surface area (Å²) in [6.07, 6.45) is 4.21. The SMILES string of the molecule is O=C(Cc1ccccc1)Nc1ccc(S(=O)(=O)NC2CCCC2)cc1. The number of nitrogens with one attached hydrogen (secondary N) is 2. The van der Waals surface area contributed by atoms with Gasteiger partial charge in [-0.25, -0.2) is 13.1 Å². The molecule has 3 rings (SSSR count). The van der Waals surface area contributed by atoms with Crippen LogP contribution in [-0.2, 0) is 21.2 Å². The number of anilines is 1. The summed E-state index contributed by atoms with van der Waals surface area (Å²) in [5.74, 6) is -0.133. The first-order valence-electron chi connectivity index (χ1n) is 8.49. The van der Waals surface area contributed by atoms with Gasteiger partial charge in [-0.2, -0.15) is 0 Å². The van der Waals surface area contributed by atoms with Crippen molar-refractivity contribution in [2.24, 2.45) is 0 Å². The summed E-state index contributed by atoms with van der Waals surface area (Å²) in [6.45, 7) is 0. The van der Waals surface area contributed by atoms with Crippen molar-refractivity contribution in [1.29, 1.82) is 0 Å². The minimum Gasteiger partial charge on any atom is -0.326 e. The number of rotatable bonds is 6. The molecule has 0 unspecified atom stereocenters. The zero-order chi connectivity index (χ0) is 17.7. The summed E-state index contributed by atoms with van der Waals surface area (Å²) in [4.78, 5) is 12.3. The van der Waals surface area contributed by atoms with Crippen LogP contribution in [0.5, 0.6) is 0 Å². The average molecular weight is 358 g/mol. The first-order valence-corrected chi connectivity index (χ1v) is 9.97. The Morgan fingerprint density at radius 3 is 2.24 bits per heavy atom. The van der Waals surface area contributed by atoms with Crippen molar-refractivity contribution < 1.29 is 13.2 Å². The van der Waals surface area contributed by atoms with Crippen LogP contribution in [0.25, 0.3) is 0 Å². The second-order valence-corrected chi connectivity index (χ2v) is 8.05. The fourth-order valence-electron chi connectivity index (χ4n) is 3.03. The van der Waals surface area contributed by atoms with Gasteiger partial charge in [0.2, 0.25) is 15.9 Å². The van der Waals surface area contributed by atoms with Crippen molar-refractivity contribution >= 4 is 21.6 Å². The maximum absolute atomic E-state index is 12.4. The van der Waals surface area contributed by atoms with Gasteiger partial charge in [0.25, 0.3) is 0 Å². The van der Waals surface area contributed by atoms with Crippen molar-refractivity contribution in [3.05, 3.63) is 60.2 Å². The van der Waals surface area contributed by atoms with Gasteiger partial charge < -0.3 is 5.32 Å². The molecule has 2 aromatic carbocycles. The third kappa shape index (κ3) is 4.90. The molecule has 1 aliphatic carbocycles. The first kappa shape index (κ1) is 17.6. The first-order chi connectivity index (χ1) is 12.0. The summed E-state index contributed by atoms with van der Waals surface area (Å²) < 4.78 is 27.5. The molecular weight excluding hydrogens is 336 g/mol. The van der Waals surface area contributed by atoms with Crippen molar-refractivity contribution in [2.45, 2.75) is 43.0 Å². The van der Waals surface area contributed by atoms with E-state index in [0.29, 0.717) is 5.69 Å². The van der Waals surface area contributed by atoms with E-state index in [1.54, 1.807) is 12.1 Å². The van der Waals surface area contributed by atoms with Crippen LogP contribution in [0.2, 0.25) is 0 Å². The molecule has 1 aliphatic rings. The normalized spacial score (nSPS) is 15.2. The van der Waals surface area contributed by atoms with E-state index in [0.717, 1.165) is 31.2 Å². The molecule has 1 amide bonds. The number of amides is 1. The van der Waals surface area contributed by atoms with E-state index in [4.69, 9.17) is 0 Å². The molecule has 132 valence electrons. The molecule has 0 radical (unpaired) electrons. The zero-order valence-corrected chi connectivity index (χ0v) is 14.8. The van der Waals surface area contributed by atoms with Gasteiger partial charge in [0.15, 0.2) is 0 Å². The third-order valence-corrected chi connectivity index (χ3v) is 5.87. The van der Waals surface area contributed by atoms with Crippen LogP contribution in [0.15, 0.2) is 59.5 Å². The van der Waals surface area contributed by atoms with Gasteiger partial charge in [0, 0.05) is 11.7 Å². The lowest BCUT2D eigenvalue weighted by molar-refractivity contribution is -0.115. The number of hydrogen-bond acceptors (Lipinski definition) is 3. The number of sulfonamides is 1. The topological polar surface area (TPSA) is 75.3 Å². The molecule has 5 nitrogen and oxygen atoms in total. The van der Waals surface area contributed by atoms with Crippen LogP contribution in [0.4, 0.5) is 5.69 Å².